The Labute approximate surface area is 258 Å². The molecule has 2 aliphatic carbocycles. The van der Waals surface area contributed by atoms with Crippen LogP contribution in [0.4, 0.5) is 4.79 Å². The summed E-state index contributed by atoms with van der Waals surface area (Å²) in [5, 5.41) is 5.86. The number of aryl methyl sites for hydroxylation is 1. The van der Waals surface area contributed by atoms with Crippen molar-refractivity contribution in [2.45, 2.75) is 103 Å². The predicted molar refractivity (Wildman–Crippen MR) is 167 cm³/mol. The fraction of sp³-hybridized carbons (Fsp3) is 0.545. The molecule has 11 nitrogen and oxygen atoms in total. The maximum absolute atomic E-state index is 14.2. The van der Waals surface area contributed by atoms with Crippen LogP contribution < -0.4 is 21.9 Å². The summed E-state index contributed by atoms with van der Waals surface area (Å²) in [6.07, 6.45) is 8.58. The zero-order valence-corrected chi connectivity index (χ0v) is 26.2. The molecule has 1 aromatic heterocycles. The fourth-order valence-corrected chi connectivity index (χ4v) is 6.12. The van der Waals surface area contributed by atoms with Crippen LogP contribution in [0.25, 0.3) is 0 Å². The van der Waals surface area contributed by atoms with E-state index in [1.54, 1.807) is 27.7 Å². The van der Waals surface area contributed by atoms with Crippen LogP contribution in [0.1, 0.15) is 89.2 Å². The van der Waals surface area contributed by atoms with Gasteiger partial charge in [0.25, 0.3) is 5.56 Å². The Bertz CT molecular complexity index is 1480. The van der Waals surface area contributed by atoms with Crippen molar-refractivity contribution in [3.63, 3.8) is 0 Å². The molecule has 3 amide bonds. The van der Waals surface area contributed by atoms with Crippen LogP contribution in [0.3, 0.4) is 0 Å². The summed E-state index contributed by atoms with van der Waals surface area (Å²) in [5.41, 5.74) is -0.667. The number of carbonyl (C=O) groups is 3. The van der Waals surface area contributed by atoms with Crippen LogP contribution in [-0.2, 0) is 20.9 Å². The zero-order valence-electron chi connectivity index (χ0n) is 26.2. The van der Waals surface area contributed by atoms with Crippen LogP contribution in [0.5, 0.6) is 0 Å². The van der Waals surface area contributed by atoms with E-state index in [-0.39, 0.29) is 25.5 Å². The molecule has 0 bridgehead atoms. The lowest BCUT2D eigenvalue weighted by Gasteiger charge is -2.45. The molecule has 1 fully saturated rings. The average Bonchev–Trinajstić information content (AvgIpc) is 2.98. The number of alkyl carbamates (subject to hydrolysis) is 1. The lowest BCUT2D eigenvalue weighted by molar-refractivity contribution is -0.150. The highest BCUT2D eigenvalue weighted by atomic mass is 16.6. The largest absolute Gasteiger partial charge is 0.444 e. The fourth-order valence-electron chi connectivity index (χ4n) is 6.12. The van der Waals surface area contributed by atoms with Crippen LogP contribution >= 0.6 is 0 Å². The molecule has 4 rings (SSSR count). The van der Waals surface area contributed by atoms with E-state index in [1.807, 2.05) is 18.2 Å². The standard InChI is InChI=1S/C33H45N5O6/c1-23-21-37(30(42)36-28(23)40)22-27(39)38(20-19-34-31(43)44-32(2,3)4)33(17-9-6-10-18-33)29(41)35-26-15-13-25(14-16-26)24-11-7-5-8-12-24/h5,7-8,11-12,15,21,25H,6,9-10,13-14,16-20,22H2,1-4H3,(H,34,43)(H,35,41)(H,36,40,42). The number of aromatic nitrogens is 2. The number of ether oxygens (including phenoxy) is 1. The van der Waals surface area contributed by atoms with Gasteiger partial charge in [0.1, 0.15) is 17.7 Å². The number of hydrogen-bond acceptors (Lipinski definition) is 6. The Morgan fingerprint density at radius 1 is 1.09 bits per heavy atom. The van der Waals surface area contributed by atoms with Crippen molar-refractivity contribution in [1.82, 2.24) is 25.1 Å². The normalized spacial score (nSPS) is 18.1. The molecule has 1 heterocycles. The molecule has 2 aromatic rings. The monoisotopic (exact) mass is 607 g/mol. The quantitative estimate of drug-likeness (QED) is 0.395. The van der Waals surface area contributed by atoms with Crippen LogP contribution in [0, 0.1) is 6.92 Å². The molecule has 1 aromatic carbocycles. The molecule has 2 aliphatic rings. The Balaban J connectivity index is 1.58. The Kier molecular flexibility index (Phi) is 10.5. The lowest BCUT2D eigenvalue weighted by atomic mass is 9.78. The number of H-pyrrole nitrogens is 1. The van der Waals surface area contributed by atoms with Crippen LogP contribution in [0.15, 0.2) is 57.9 Å². The number of carbonyl (C=O) groups excluding carboxylic acids is 3. The number of rotatable bonds is 9. The number of aromatic amines is 1. The first kappa shape index (κ1) is 32.8. The summed E-state index contributed by atoms with van der Waals surface area (Å²) in [7, 11) is 0. The number of allylic oxidation sites excluding steroid dienone is 2. The minimum atomic E-state index is -1.16. The Morgan fingerprint density at radius 3 is 2.43 bits per heavy atom. The molecular weight excluding hydrogens is 562 g/mol. The van der Waals surface area contributed by atoms with Gasteiger partial charge >= 0.3 is 11.8 Å². The summed E-state index contributed by atoms with van der Waals surface area (Å²) in [4.78, 5) is 68.8. The Morgan fingerprint density at radius 2 is 1.80 bits per heavy atom. The molecule has 0 spiro atoms. The molecule has 1 saturated carbocycles. The first-order valence-corrected chi connectivity index (χ1v) is 15.5. The zero-order chi connectivity index (χ0) is 31.9. The smallest absolute Gasteiger partial charge is 0.407 e. The number of nitrogens with zero attached hydrogens (tertiary/aromatic N) is 2. The number of hydrogen-bond donors (Lipinski definition) is 3. The topological polar surface area (TPSA) is 143 Å². The van der Waals surface area contributed by atoms with Gasteiger partial charge in [-0.3, -0.25) is 23.9 Å². The van der Waals surface area contributed by atoms with Crippen LogP contribution in [0.2, 0.25) is 0 Å². The summed E-state index contributed by atoms with van der Waals surface area (Å²) in [5.74, 6) is -0.322. The van der Waals surface area contributed by atoms with Gasteiger partial charge in [-0.1, -0.05) is 55.7 Å². The van der Waals surface area contributed by atoms with Gasteiger partial charge < -0.3 is 20.3 Å². The van der Waals surface area contributed by atoms with E-state index in [0.29, 0.717) is 30.7 Å². The molecule has 1 unspecified atom stereocenters. The second-order valence-electron chi connectivity index (χ2n) is 12.8. The first-order valence-electron chi connectivity index (χ1n) is 15.5. The third-order valence-corrected chi connectivity index (χ3v) is 8.38. The molecule has 0 radical (unpaired) electrons. The highest BCUT2D eigenvalue weighted by molar-refractivity contribution is 5.92. The third-order valence-electron chi connectivity index (χ3n) is 8.38. The highest BCUT2D eigenvalue weighted by Crippen LogP contribution is 2.36. The molecule has 44 heavy (non-hydrogen) atoms. The summed E-state index contributed by atoms with van der Waals surface area (Å²) in [6.45, 7) is 6.56. The molecule has 3 N–H and O–H groups in total. The molecular formula is C33H45N5O6. The average molecular weight is 608 g/mol. The molecule has 1 atom stereocenters. The predicted octanol–water partition coefficient (Wildman–Crippen LogP) is 3.87. The summed E-state index contributed by atoms with van der Waals surface area (Å²) in [6, 6.07) is 10.3. The van der Waals surface area contributed by atoms with E-state index in [9.17, 15) is 24.0 Å². The number of nitrogens with one attached hydrogen (secondary N) is 3. The van der Waals surface area contributed by atoms with Gasteiger partial charge in [0.15, 0.2) is 0 Å². The van der Waals surface area contributed by atoms with E-state index in [4.69, 9.17) is 4.74 Å². The van der Waals surface area contributed by atoms with E-state index in [0.717, 1.165) is 42.4 Å². The van der Waals surface area contributed by atoms with Crippen molar-refractivity contribution >= 4 is 17.9 Å². The van der Waals surface area contributed by atoms with Crippen molar-refractivity contribution < 1.29 is 19.1 Å². The number of amides is 3. The van der Waals surface area contributed by atoms with Crippen molar-refractivity contribution in [3.05, 3.63) is 80.3 Å². The van der Waals surface area contributed by atoms with Crippen molar-refractivity contribution in [2.24, 2.45) is 0 Å². The minimum absolute atomic E-state index is 0.0394. The molecule has 0 aliphatic heterocycles. The van der Waals surface area contributed by atoms with Gasteiger partial charge in [0, 0.05) is 30.5 Å². The van der Waals surface area contributed by atoms with E-state index in [1.165, 1.54) is 16.7 Å². The maximum Gasteiger partial charge on any atom is 0.407 e. The maximum atomic E-state index is 14.2. The van der Waals surface area contributed by atoms with Gasteiger partial charge in [0.05, 0.1) is 0 Å². The Hall–Kier alpha value is -4.15. The van der Waals surface area contributed by atoms with Gasteiger partial charge in [-0.05, 0) is 71.3 Å². The molecule has 0 saturated heterocycles. The first-order chi connectivity index (χ1) is 20.9. The molecule has 11 heteroatoms. The highest BCUT2D eigenvalue weighted by Gasteiger charge is 2.47. The van der Waals surface area contributed by atoms with Gasteiger partial charge in [0.2, 0.25) is 11.8 Å². The summed E-state index contributed by atoms with van der Waals surface area (Å²) >= 11 is 0. The summed E-state index contributed by atoms with van der Waals surface area (Å²) < 4.78 is 6.50. The minimum Gasteiger partial charge on any atom is -0.444 e. The van der Waals surface area contributed by atoms with Crippen molar-refractivity contribution in [1.29, 1.82) is 0 Å². The molecule has 238 valence electrons. The second kappa shape index (κ2) is 14.1. The van der Waals surface area contributed by atoms with Gasteiger partial charge in [-0.25, -0.2) is 9.59 Å². The second-order valence-corrected chi connectivity index (χ2v) is 12.8. The number of benzene rings is 1. The SMILES string of the molecule is Cc1cn(CC(=O)N(CCNC(=O)OC(C)(C)C)C2(C(=O)NC3=CCC(c4ccccc4)CC3)CCCCC2)c(=O)[nH]c1=O. The van der Waals surface area contributed by atoms with Gasteiger partial charge in [-0.15, -0.1) is 0 Å². The van der Waals surface area contributed by atoms with Crippen LogP contribution in [-0.4, -0.2) is 56.6 Å². The lowest BCUT2D eigenvalue weighted by Crippen LogP contribution is -2.63. The van der Waals surface area contributed by atoms with E-state index >= 15 is 0 Å². The van der Waals surface area contributed by atoms with Crippen molar-refractivity contribution in [2.75, 3.05) is 13.1 Å². The van der Waals surface area contributed by atoms with Crippen molar-refractivity contribution in [3.8, 4) is 0 Å². The third kappa shape index (κ3) is 8.27. The van der Waals surface area contributed by atoms with E-state index < -0.39 is 34.4 Å². The van der Waals surface area contributed by atoms with E-state index in [2.05, 4.69) is 33.8 Å². The van der Waals surface area contributed by atoms with Gasteiger partial charge in [-0.2, -0.15) is 0 Å².